The summed E-state index contributed by atoms with van der Waals surface area (Å²) in [5.74, 6) is 0. The third-order valence-corrected chi connectivity index (χ3v) is 5.22. The molecule has 3 aromatic rings. The van der Waals surface area contributed by atoms with E-state index in [1.165, 1.54) is 6.42 Å². The maximum Gasteiger partial charge on any atom is 0.101 e. The third kappa shape index (κ3) is 3.53. The first-order chi connectivity index (χ1) is 13.8. The number of nitrogens with zero attached hydrogens (tertiary/aromatic N) is 5. The summed E-state index contributed by atoms with van der Waals surface area (Å²) in [5, 5.41) is 25.4. The van der Waals surface area contributed by atoms with Gasteiger partial charge in [0.05, 0.1) is 22.9 Å². The minimum absolute atomic E-state index is 0.586. The number of rotatable bonds is 3. The molecular weight excluding hydrogens is 346 g/mol. The van der Waals surface area contributed by atoms with Gasteiger partial charge in [-0.15, -0.1) is 0 Å². The van der Waals surface area contributed by atoms with Gasteiger partial charge in [0.25, 0.3) is 0 Å². The average Bonchev–Trinajstić information content (AvgIpc) is 2.98. The Morgan fingerprint density at radius 3 is 2.54 bits per heavy atom. The van der Waals surface area contributed by atoms with Crippen molar-refractivity contribution in [2.24, 2.45) is 0 Å². The molecule has 5 heteroatoms. The standard InChI is InChI=1S/C23H21N5/c24-13-18-12-19(16-26-15-18)17-27-10-4-1-5-11-28(27)23-9-8-20(14-25)21-6-2-3-7-22(21)23/h2-3,6-9,12,15-16H,1,4-5,10-11,17H2. The lowest BCUT2D eigenvalue weighted by molar-refractivity contribution is 0.253. The molecule has 5 nitrogen and oxygen atoms in total. The molecule has 0 amide bonds. The van der Waals surface area contributed by atoms with Crippen LogP contribution in [0.15, 0.2) is 54.9 Å². The van der Waals surface area contributed by atoms with Crippen molar-refractivity contribution in [1.29, 1.82) is 10.5 Å². The topological polar surface area (TPSA) is 67.0 Å². The maximum absolute atomic E-state index is 9.47. The Balaban J connectivity index is 1.74. The van der Waals surface area contributed by atoms with E-state index in [9.17, 15) is 10.5 Å². The van der Waals surface area contributed by atoms with E-state index in [-0.39, 0.29) is 0 Å². The van der Waals surface area contributed by atoms with Crippen molar-refractivity contribution in [2.45, 2.75) is 25.8 Å². The van der Waals surface area contributed by atoms with E-state index in [1.807, 2.05) is 36.5 Å². The zero-order chi connectivity index (χ0) is 19.3. The number of nitriles is 2. The van der Waals surface area contributed by atoms with E-state index in [2.05, 4.69) is 39.3 Å². The smallest absolute Gasteiger partial charge is 0.101 e. The van der Waals surface area contributed by atoms with E-state index in [0.29, 0.717) is 17.7 Å². The molecule has 4 rings (SSSR count). The van der Waals surface area contributed by atoms with Crippen LogP contribution in [-0.4, -0.2) is 23.1 Å². The average molecular weight is 367 g/mol. The van der Waals surface area contributed by atoms with E-state index < -0.39 is 0 Å². The van der Waals surface area contributed by atoms with Gasteiger partial charge in [-0.05, 0) is 36.6 Å². The molecule has 1 saturated heterocycles. The highest BCUT2D eigenvalue weighted by atomic mass is 15.6. The number of hydrogen-bond acceptors (Lipinski definition) is 5. The molecule has 0 atom stereocenters. The lowest BCUT2D eigenvalue weighted by Crippen LogP contribution is -2.42. The summed E-state index contributed by atoms with van der Waals surface area (Å²) < 4.78 is 0. The molecule has 2 aromatic carbocycles. The molecule has 1 aliphatic heterocycles. The summed E-state index contributed by atoms with van der Waals surface area (Å²) in [5.41, 5.74) is 3.44. The summed E-state index contributed by atoms with van der Waals surface area (Å²) in [4.78, 5) is 4.21. The van der Waals surface area contributed by atoms with Crippen molar-refractivity contribution in [2.75, 3.05) is 18.1 Å². The van der Waals surface area contributed by atoms with Gasteiger partial charge in [-0.2, -0.15) is 10.5 Å². The van der Waals surface area contributed by atoms with Crippen LogP contribution >= 0.6 is 0 Å². The van der Waals surface area contributed by atoms with Gasteiger partial charge in [0.2, 0.25) is 0 Å². The summed E-state index contributed by atoms with van der Waals surface area (Å²) in [6, 6.07) is 18.5. The number of anilines is 1. The zero-order valence-electron chi connectivity index (χ0n) is 15.7. The van der Waals surface area contributed by atoms with Crippen molar-refractivity contribution in [3.8, 4) is 12.1 Å². The van der Waals surface area contributed by atoms with E-state index >= 15 is 0 Å². The van der Waals surface area contributed by atoms with Crippen LogP contribution in [0.2, 0.25) is 0 Å². The van der Waals surface area contributed by atoms with Crippen LogP contribution in [0.25, 0.3) is 10.8 Å². The number of pyridine rings is 1. The van der Waals surface area contributed by atoms with Gasteiger partial charge in [-0.1, -0.05) is 30.7 Å². The summed E-state index contributed by atoms with van der Waals surface area (Å²) in [6.07, 6.45) is 6.88. The summed E-state index contributed by atoms with van der Waals surface area (Å²) in [6.45, 7) is 2.59. The molecule has 1 fully saturated rings. The van der Waals surface area contributed by atoms with Gasteiger partial charge < -0.3 is 5.01 Å². The fourth-order valence-electron chi connectivity index (χ4n) is 3.88. The molecule has 0 saturated carbocycles. The van der Waals surface area contributed by atoms with Crippen molar-refractivity contribution < 1.29 is 0 Å². The molecule has 0 bridgehead atoms. The van der Waals surface area contributed by atoms with Crippen LogP contribution in [0.3, 0.4) is 0 Å². The lowest BCUT2D eigenvalue weighted by Gasteiger charge is -2.36. The van der Waals surface area contributed by atoms with Crippen LogP contribution in [0.5, 0.6) is 0 Å². The Bertz CT molecular complexity index is 1080. The fourth-order valence-corrected chi connectivity index (χ4v) is 3.88. The Labute approximate surface area is 165 Å². The Hall–Kier alpha value is -3.41. The molecule has 28 heavy (non-hydrogen) atoms. The largest absolute Gasteiger partial charge is 0.305 e. The number of aromatic nitrogens is 1. The minimum atomic E-state index is 0.586. The maximum atomic E-state index is 9.47. The monoisotopic (exact) mass is 367 g/mol. The van der Waals surface area contributed by atoms with Gasteiger partial charge in [-0.3, -0.25) is 4.98 Å². The van der Waals surface area contributed by atoms with E-state index in [4.69, 9.17) is 0 Å². The number of hydrogen-bond donors (Lipinski definition) is 0. The lowest BCUT2D eigenvalue weighted by atomic mass is 10.0. The van der Waals surface area contributed by atoms with Crippen LogP contribution in [0.4, 0.5) is 5.69 Å². The van der Waals surface area contributed by atoms with Crippen LogP contribution in [0.1, 0.15) is 36.0 Å². The van der Waals surface area contributed by atoms with Gasteiger partial charge in [0.15, 0.2) is 0 Å². The molecule has 0 N–H and O–H groups in total. The highest BCUT2D eigenvalue weighted by molar-refractivity contribution is 5.97. The molecule has 1 aromatic heterocycles. The predicted molar refractivity (Wildman–Crippen MR) is 109 cm³/mol. The Morgan fingerprint density at radius 2 is 1.71 bits per heavy atom. The van der Waals surface area contributed by atoms with E-state index in [1.54, 1.807) is 6.20 Å². The number of fused-ring (bicyclic) bond motifs is 1. The SMILES string of the molecule is N#Cc1cncc(CN2CCCCCN2c2ccc(C#N)c3ccccc23)c1. The van der Waals surface area contributed by atoms with Crippen molar-refractivity contribution in [3.05, 3.63) is 71.5 Å². The van der Waals surface area contributed by atoms with Crippen LogP contribution in [0, 0.1) is 22.7 Å². The quantitative estimate of drug-likeness (QED) is 0.687. The molecule has 0 aliphatic carbocycles. The second-order valence-electron chi connectivity index (χ2n) is 7.06. The Morgan fingerprint density at radius 1 is 0.893 bits per heavy atom. The molecule has 0 spiro atoms. The highest BCUT2D eigenvalue weighted by Crippen LogP contribution is 2.32. The first-order valence-corrected chi connectivity index (χ1v) is 9.58. The molecule has 138 valence electrons. The normalized spacial score (nSPS) is 15.0. The van der Waals surface area contributed by atoms with Gasteiger partial charge in [0.1, 0.15) is 6.07 Å². The van der Waals surface area contributed by atoms with Gasteiger partial charge in [-0.25, -0.2) is 5.01 Å². The number of benzene rings is 2. The fraction of sp³-hybridized carbons (Fsp3) is 0.261. The van der Waals surface area contributed by atoms with Gasteiger partial charge >= 0.3 is 0 Å². The first kappa shape index (κ1) is 18.0. The van der Waals surface area contributed by atoms with Crippen molar-refractivity contribution in [3.63, 3.8) is 0 Å². The summed E-state index contributed by atoms with van der Waals surface area (Å²) >= 11 is 0. The van der Waals surface area contributed by atoms with Crippen LogP contribution in [-0.2, 0) is 6.54 Å². The predicted octanol–water partition coefficient (Wildman–Crippen LogP) is 4.39. The zero-order valence-corrected chi connectivity index (χ0v) is 15.7. The third-order valence-electron chi connectivity index (χ3n) is 5.22. The molecule has 0 radical (unpaired) electrons. The van der Waals surface area contributed by atoms with Crippen LogP contribution < -0.4 is 5.01 Å². The molecule has 0 unspecified atom stereocenters. The van der Waals surface area contributed by atoms with Crippen molar-refractivity contribution >= 4 is 16.5 Å². The van der Waals surface area contributed by atoms with Gasteiger partial charge in [0, 0.05) is 42.8 Å². The highest BCUT2D eigenvalue weighted by Gasteiger charge is 2.21. The first-order valence-electron chi connectivity index (χ1n) is 9.58. The second-order valence-corrected chi connectivity index (χ2v) is 7.06. The van der Waals surface area contributed by atoms with E-state index in [0.717, 1.165) is 48.0 Å². The molecule has 2 heterocycles. The Kier molecular flexibility index (Phi) is 5.19. The minimum Gasteiger partial charge on any atom is -0.305 e. The second kappa shape index (κ2) is 8.08. The molecular formula is C23H21N5. The van der Waals surface area contributed by atoms with Crippen molar-refractivity contribution in [1.82, 2.24) is 9.99 Å². The molecule has 1 aliphatic rings. The number of hydrazine groups is 1. The summed E-state index contributed by atoms with van der Waals surface area (Å²) in [7, 11) is 0.